The molecule has 4 N–H and O–H groups in total. The second-order valence-corrected chi connectivity index (χ2v) is 9.55. The molecule has 0 spiro atoms. The van der Waals surface area contributed by atoms with Crippen molar-refractivity contribution in [1.82, 2.24) is 15.4 Å². The Balaban J connectivity index is 1.70. The zero-order chi connectivity index (χ0) is 27.0. The number of halogens is 2. The minimum absolute atomic E-state index is 0.0911. The van der Waals surface area contributed by atoms with Crippen LogP contribution in [0.1, 0.15) is 51.6 Å². The Bertz CT molecular complexity index is 1390. The zero-order valence-electron chi connectivity index (χ0n) is 20.6. The number of hydrogen-bond donors (Lipinski definition) is 4. The van der Waals surface area contributed by atoms with Gasteiger partial charge >= 0.3 is 0 Å². The van der Waals surface area contributed by atoms with Crippen molar-refractivity contribution in [3.8, 4) is 11.1 Å². The predicted molar refractivity (Wildman–Crippen MR) is 139 cm³/mol. The molecule has 2 heterocycles. The monoisotopic (exact) mass is 521 g/mol. The van der Waals surface area contributed by atoms with E-state index < -0.39 is 42.5 Å². The number of hydrogen-bond acceptors (Lipinski definition) is 7. The van der Waals surface area contributed by atoms with Crippen LogP contribution in [0.2, 0.25) is 0 Å². The predicted octanol–water partition coefficient (Wildman–Crippen LogP) is 3.87. The molecular weight excluding hydrogens is 494 g/mol. The van der Waals surface area contributed by atoms with Gasteiger partial charge < -0.3 is 31.1 Å². The normalized spacial score (nSPS) is 16.5. The molecule has 1 amide bonds. The summed E-state index contributed by atoms with van der Waals surface area (Å²) in [6, 6.07) is 8.28. The Morgan fingerprint density at radius 3 is 2.50 bits per heavy atom. The summed E-state index contributed by atoms with van der Waals surface area (Å²) in [5.74, 6) is -1.80. The van der Waals surface area contributed by atoms with Crippen LogP contribution in [0.4, 0.5) is 14.6 Å². The van der Waals surface area contributed by atoms with Crippen LogP contribution >= 0.6 is 0 Å². The molecule has 0 saturated heterocycles. The van der Waals surface area contributed by atoms with Gasteiger partial charge in [-0.15, -0.1) is 0 Å². The SMILES string of the molecule is Cc1ccc(C(=O)NC2CC2)cc1-c1cc(NC(CO)CO)nc2c1C=CN([O-])C2c1c(F)cccc1F. The van der Waals surface area contributed by atoms with E-state index in [1.54, 1.807) is 18.2 Å². The van der Waals surface area contributed by atoms with Gasteiger partial charge in [0.15, 0.2) is 0 Å². The summed E-state index contributed by atoms with van der Waals surface area (Å²) in [6.07, 6.45) is 4.60. The fraction of sp³-hybridized carbons (Fsp3) is 0.286. The third-order valence-electron chi connectivity index (χ3n) is 6.76. The number of aliphatic hydroxyl groups is 2. The minimum Gasteiger partial charge on any atom is -0.758 e. The molecule has 38 heavy (non-hydrogen) atoms. The maximum Gasteiger partial charge on any atom is 0.251 e. The van der Waals surface area contributed by atoms with Crippen molar-refractivity contribution in [2.75, 3.05) is 18.5 Å². The molecule has 1 aliphatic heterocycles. The highest BCUT2D eigenvalue weighted by atomic mass is 19.1. The highest BCUT2D eigenvalue weighted by molar-refractivity contribution is 5.96. The molecule has 5 rings (SSSR count). The van der Waals surface area contributed by atoms with Gasteiger partial charge in [0.2, 0.25) is 0 Å². The fourth-order valence-corrected chi connectivity index (χ4v) is 4.55. The van der Waals surface area contributed by atoms with Gasteiger partial charge in [-0.1, -0.05) is 12.1 Å². The fourth-order valence-electron chi connectivity index (χ4n) is 4.55. The van der Waals surface area contributed by atoms with Crippen LogP contribution < -0.4 is 10.6 Å². The van der Waals surface area contributed by atoms with Crippen LogP contribution in [0.15, 0.2) is 48.7 Å². The van der Waals surface area contributed by atoms with Crippen LogP contribution in [0, 0.1) is 23.8 Å². The summed E-state index contributed by atoms with van der Waals surface area (Å²) in [4.78, 5) is 17.3. The molecule has 1 unspecified atom stereocenters. The second kappa shape index (κ2) is 10.5. The van der Waals surface area contributed by atoms with E-state index in [1.165, 1.54) is 18.3 Å². The second-order valence-electron chi connectivity index (χ2n) is 9.55. The summed E-state index contributed by atoms with van der Waals surface area (Å²) < 4.78 is 29.8. The Morgan fingerprint density at radius 2 is 1.84 bits per heavy atom. The van der Waals surface area contributed by atoms with E-state index in [9.17, 15) is 29.0 Å². The molecular formula is C28H27F2N4O4-. The average molecular weight is 522 g/mol. The van der Waals surface area contributed by atoms with Gasteiger partial charge in [-0.25, -0.2) is 13.8 Å². The van der Waals surface area contributed by atoms with E-state index in [0.29, 0.717) is 27.3 Å². The molecule has 0 bridgehead atoms. The number of aromatic nitrogens is 1. The van der Waals surface area contributed by atoms with E-state index >= 15 is 0 Å². The van der Waals surface area contributed by atoms with Gasteiger partial charge in [0, 0.05) is 17.2 Å². The first-order chi connectivity index (χ1) is 18.3. The first kappa shape index (κ1) is 25.8. The van der Waals surface area contributed by atoms with Crippen molar-refractivity contribution < 1.29 is 23.8 Å². The number of fused-ring (bicyclic) bond motifs is 1. The lowest BCUT2D eigenvalue weighted by atomic mass is 9.88. The molecule has 1 saturated carbocycles. The van der Waals surface area contributed by atoms with E-state index in [-0.39, 0.29) is 23.5 Å². The number of nitrogens with one attached hydrogen (secondary N) is 2. The summed E-state index contributed by atoms with van der Waals surface area (Å²) in [5.41, 5.74) is 2.60. The first-order valence-corrected chi connectivity index (χ1v) is 12.3. The molecule has 1 aromatic heterocycles. The number of carbonyl (C=O) groups excluding carboxylic acids is 1. The Kier molecular flexibility index (Phi) is 7.11. The van der Waals surface area contributed by atoms with Crippen LogP contribution in [-0.4, -0.2) is 51.5 Å². The van der Waals surface area contributed by atoms with Crippen molar-refractivity contribution in [3.63, 3.8) is 0 Å². The summed E-state index contributed by atoms with van der Waals surface area (Å²) in [5, 5.41) is 38.5. The number of aliphatic hydroxyl groups excluding tert-OH is 2. The van der Waals surface area contributed by atoms with Crippen LogP contribution in [-0.2, 0) is 0 Å². The van der Waals surface area contributed by atoms with E-state index in [4.69, 9.17) is 0 Å². The summed E-state index contributed by atoms with van der Waals surface area (Å²) in [6.45, 7) is 1.06. The molecule has 1 fully saturated rings. The summed E-state index contributed by atoms with van der Waals surface area (Å²) >= 11 is 0. The number of amides is 1. The zero-order valence-corrected chi connectivity index (χ0v) is 20.6. The van der Waals surface area contributed by atoms with Crippen LogP contribution in [0.5, 0.6) is 0 Å². The Hall–Kier alpha value is -3.86. The van der Waals surface area contributed by atoms with Crippen molar-refractivity contribution >= 4 is 17.8 Å². The van der Waals surface area contributed by atoms with Crippen LogP contribution in [0.3, 0.4) is 0 Å². The lowest BCUT2D eigenvalue weighted by Crippen LogP contribution is -2.30. The molecule has 1 aliphatic carbocycles. The van der Waals surface area contributed by atoms with Gasteiger partial charge in [0.25, 0.3) is 5.91 Å². The average Bonchev–Trinajstić information content (AvgIpc) is 3.72. The number of pyridine rings is 1. The largest absolute Gasteiger partial charge is 0.758 e. The Morgan fingerprint density at radius 1 is 1.13 bits per heavy atom. The standard InChI is InChI=1S/C28H27F2N4O4/c1-15-5-6-16(28(37)32-17-7-8-17)11-20(15)21-12-24(31-18(13-35)14-36)33-26-19(21)9-10-34(38)27(26)25-22(29)3-2-4-23(25)30/h2-6,9-12,17-18,27,35-36H,7-8,13-14H2,1H3,(H,31,33)(H,32,37)/q-1. The Labute approximate surface area is 218 Å². The number of aryl methyl sites for hydroxylation is 1. The number of nitrogens with zero attached hydrogens (tertiary/aromatic N) is 2. The maximum atomic E-state index is 14.9. The third-order valence-corrected chi connectivity index (χ3v) is 6.76. The van der Waals surface area contributed by atoms with Crippen molar-refractivity contribution in [2.24, 2.45) is 0 Å². The third kappa shape index (κ3) is 4.98. The molecule has 2 aromatic carbocycles. The van der Waals surface area contributed by atoms with Crippen LogP contribution in [0.25, 0.3) is 17.2 Å². The molecule has 8 nitrogen and oxygen atoms in total. The number of carbonyl (C=O) groups is 1. The van der Waals surface area contributed by atoms with Crippen molar-refractivity contribution in [3.05, 3.63) is 93.5 Å². The topological polar surface area (TPSA) is 121 Å². The number of anilines is 1. The number of rotatable bonds is 8. The molecule has 1 atom stereocenters. The number of hydroxylamine groups is 2. The molecule has 10 heteroatoms. The first-order valence-electron chi connectivity index (χ1n) is 12.3. The number of benzene rings is 2. The van der Waals surface area contributed by atoms with E-state index in [1.807, 2.05) is 13.0 Å². The van der Waals surface area contributed by atoms with E-state index in [0.717, 1.165) is 30.5 Å². The molecule has 2 aliphatic rings. The lowest BCUT2D eigenvalue weighted by molar-refractivity contribution is 0.0951. The quantitative estimate of drug-likeness (QED) is 0.355. The van der Waals surface area contributed by atoms with Gasteiger partial charge in [-0.3, -0.25) is 4.79 Å². The van der Waals surface area contributed by atoms with Gasteiger partial charge in [0.1, 0.15) is 17.5 Å². The van der Waals surface area contributed by atoms with Gasteiger partial charge in [-0.05, 0) is 79.1 Å². The molecule has 0 radical (unpaired) electrons. The summed E-state index contributed by atoms with van der Waals surface area (Å²) in [7, 11) is 0. The smallest absolute Gasteiger partial charge is 0.251 e. The molecule has 198 valence electrons. The molecule has 3 aromatic rings. The minimum atomic E-state index is -1.43. The highest BCUT2D eigenvalue weighted by Crippen LogP contribution is 2.42. The van der Waals surface area contributed by atoms with Gasteiger partial charge in [0.05, 0.1) is 36.6 Å². The van der Waals surface area contributed by atoms with Crippen molar-refractivity contribution in [2.45, 2.75) is 37.9 Å². The highest BCUT2D eigenvalue weighted by Gasteiger charge is 2.31. The van der Waals surface area contributed by atoms with Crippen molar-refractivity contribution in [1.29, 1.82) is 0 Å². The van der Waals surface area contributed by atoms with E-state index in [2.05, 4.69) is 15.6 Å². The van der Waals surface area contributed by atoms with Gasteiger partial charge in [-0.2, -0.15) is 0 Å². The lowest BCUT2D eigenvalue weighted by Gasteiger charge is -2.40. The maximum absolute atomic E-state index is 14.9.